The van der Waals surface area contributed by atoms with E-state index in [0.29, 0.717) is 17.9 Å². The lowest BCUT2D eigenvalue weighted by Crippen LogP contribution is -2.52. The number of nitrogens with one attached hydrogen (secondary N) is 1. The Kier molecular flexibility index (Phi) is 6.47. The average molecular weight is 390 g/mol. The molecule has 6 heteroatoms. The fourth-order valence-electron chi connectivity index (χ4n) is 2.47. The van der Waals surface area contributed by atoms with Gasteiger partial charge >= 0.3 is 0 Å². The molecule has 0 saturated heterocycles. The number of aryl methyl sites for hydroxylation is 1. The summed E-state index contributed by atoms with van der Waals surface area (Å²) in [5.74, 6) is 0.164. The van der Waals surface area contributed by atoms with Crippen molar-refractivity contribution in [1.29, 1.82) is 0 Å². The smallest absolute Gasteiger partial charge is 0.287 e. The third-order valence-corrected chi connectivity index (χ3v) is 4.72. The van der Waals surface area contributed by atoms with Crippen molar-refractivity contribution in [2.45, 2.75) is 39.2 Å². The van der Waals surface area contributed by atoms with Crippen molar-refractivity contribution in [3.05, 3.63) is 34.0 Å². The second kappa shape index (κ2) is 7.49. The van der Waals surface area contributed by atoms with Crippen molar-refractivity contribution in [2.75, 3.05) is 6.54 Å². The summed E-state index contributed by atoms with van der Waals surface area (Å²) < 4.78 is 6.68. The second-order valence-corrected chi connectivity index (χ2v) is 6.26. The van der Waals surface area contributed by atoms with Gasteiger partial charge in [-0.2, -0.15) is 0 Å². The monoisotopic (exact) mass is 388 g/mol. The fraction of sp³-hybridized carbons (Fsp3) is 0.438. The van der Waals surface area contributed by atoms with Gasteiger partial charge in [-0.15, -0.1) is 12.4 Å². The minimum absolute atomic E-state index is 0. The molecule has 4 nitrogen and oxygen atoms in total. The quantitative estimate of drug-likeness (QED) is 0.806. The van der Waals surface area contributed by atoms with Gasteiger partial charge in [-0.3, -0.25) is 4.79 Å². The van der Waals surface area contributed by atoms with Gasteiger partial charge in [0.05, 0.1) is 5.54 Å². The molecule has 2 rings (SSSR count). The zero-order valence-corrected chi connectivity index (χ0v) is 15.4. The number of nitrogens with two attached hydrogens (primary N) is 1. The van der Waals surface area contributed by atoms with Crippen LogP contribution < -0.4 is 11.1 Å². The summed E-state index contributed by atoms with van der Waals surface area (Å²) in [5.41, 5.74) is 7.03. The molecule has 0 aliphatic carbocycles. The lowest BCUT2D eigenvalue weighted by atomic mass is 9.92. The third kappa shape index (κ3) is 3.47. The van der Waals surface area contributed by atoms with E-state index in [0.717, 1.165) is 28.3 Å². The number of benzene rings is 1. The molecule has 0 spiro atoms. The van der Waals surface area contributed by atoms with Gasteiger partial charge in [0.2, 0.25) is 0 Å². The molecule has 2 aromatic rings. The van der Waals surface area contributed by atoms with Crippen LogP contribution >= 0.6 is 28.3 Å². The Morgan fingerprint density at radius 3 is 2.55 bits per heavy atom. The minimum atomic E-state index is -0.372. The maximum Gasteiger partial charge on any atom is 0.287 e. The van der Waals surface area contributed by atoms with Crippen LogP contribution in [-0.4, -0.2) is 18.0 Å². The van der Waals surface area contributed by atoms with E-state index >= 15 is 0 Å². The van der Waals surface area contributed by atoms with Crippen LogP contribution in [0.2, 0.25) is 0 Å². The number of fused-ring (bicyclic) bond motifs is 1. The summed E-state index contributed by atoms with van der Waals surface area (Å²) in [6, 6.07) is 5.72. The molecule has 0 radical (unpaired) electrons. The van der Waals surface area contributed by atoms with E-state index in [1.54, 1.807) is 0 Å². The van der Waals surface area contributed by atoms with Gasteiger partial charge in [0.25, 0.3) is 5.91 Å². The Bertz CT molecular complexity index is 657. The van der Waals surface area contributed by atoms with Crippen molar-refractivity contribution >= 4 is 45.2 Å². The zero-order chi connectivity index (χ0) is 15.6. The van der Waals surface area contributed by atoms with E-state index in [2.05, 4.69) is 21.2 Å². The maximum absolute atomic E-state index is 12.5. The van der Waals surface area contributed by atoms with E-state index in [9.17, 15) is 4.79 Å². The zero-order valence-electron chi connectivity index (χ0n) is 13.0. The molecule has 1 heterocycles. The highest BCUT2D eigenvalue weighted by molar-refractivity contribution is 9.10. The Balaban J connectivity index is 0.00000242. The van der Waals surface area contributed by atoms with Crippen molar-refractivity contribution < 1.29 is 9.21 Å². The average Bonchev–Trinajstić information content (AvgIpc) is 2.82. The molecule has 1 aromatic carbocycles. The highest BCUT2D eigenvalue weighted by atomic mass is 79.9. The number of rotatable bonds is 5. The molecule has 0 aliphatic heterocycles. The summed E-state index contributed by atoms with van der Waals surface area (Å²) in [7, 11) is 0. The van der Waals surface area contributed by atoms with Crippen LogP contribution in [0.5, 0.6) is 0 Å². The normalized spacial score (nSPS) is 11.3. The van der Waals surface area contributed by atoms with Gasteiger partial charge in [-0.05, 0) is 38.0 Å². The molecule has 0 atom stereocenters. The summed E-state index contributed by atoms with van der Waals surface area (Å²) in [6.07, 6.45) is 1.58. The maximum atomic E-state index is 12.5. The Morgan fingerprint density at radius 1 is 1.36 bits per heavy atom. The van der Waals surface area contributed by atoms with Crippen LogP contribution in [0.25, 0.3) is 11.0 Å². The molecular formula is C16H22BrClN2O2. The Labute approximate surface area is 145 Å². The number of carbonyl (C=O) groups is 1. The third-order valence-electron chi connectivity index (χ3n) is 4.23. The lowest BCUT2D eigenvalue weighted by Gasteiger charge is -2.31. The van der Waals surface area contributed by atoms with Gasteiger partial charge in [0.15, 0.2) is 5.76 Å². The highest BCUT2D eigenvalue weighted by Crippen LogP contribution is 2.28. The van der Waals surface area contributed by atoms with Crippen LogP contribution in [0.15, 0.2) is 27.1 Å². The molecule has 0 bridgehead atoms. The molecule has 0 aliphatic rings. The summed E-state index contributed by atoms with van der Waals surface area (Å²) >= 11 is 3.44. The standard InChI is InChI=1S/C16H21BrN2O2.ClH/c1-4-16(5-2,9-18)19-15(20)14-10(3)12-8-11(17)6-7-13(12)21-14;/h6-8H,4-5,9,18H2,1-3H3,(H,19,20);1H. The summed E-state index contributed by atoms with van der Waals surface area (Å²) in [4.78, 5) is 12.5. The van der Waals surface area contributed by atoms with E-state index < -0.39 is 0 Å². The van der Waals surface area contributed by atoms with Gasteiger partial charge in [0.1, 0.15) is 5.58 Å². The topological polar surface area (TPSA) is 68.3 Å². The summed E-state index contributed by atoms with van der Waals surface area (Å²) in [5, 5.41) is 3.99. The van der Waals surface area contributed by atoms with Crippen molar-refractivity contribution in [3.63, 3.8) is 0 Å². The minimum Gasteiger partial charge on any atom is -0.451 e. The number of halogens is 2. The van der Waals surface area contributed by atoms with Crippen molar-refractivity contribution in [2.24, 2.45) is 5.73 Å². The van der Waals surface area contributed by atoms with Gasteiger partial charge in [0, 0.05) is 22.0 Å². The first-order chi connectivity index (χ1) is 9.96. The number of hydrogen-bond acceptors (Lipinski definition) is 3. The second-order valence-electron chi connectivity index (χ2n) is 5.34. The van der Waals surface area contributed by atoms with Crippen LogP contribution in [0.4, 0.5) is 0 Å². The highest BCUT2D eigenvalue weighted by Gasteiger charge is 2.29. The van der Waals surface area contributed by atoms with Crippen LogP contribution in [-0.2, 0) is 0 Å². The largest absolute Gasteiger partial charge is 0.451 e. The predicted octanol–water partition coefficient (Wildman–Crippen LogP) is 4.17. The molecule has 122 valence electrons. The van der Waals surface area contributed by atoms with Crippen LogP contribution in [0, 0.1) is 6.92 Å². The number of furan rings is 1. The fourth-order valence-corrected chi connectivity index (χ4v) is 2.83. The first kappa shape index (κ1) is 19.0. The van der Waals surface area contributed by atoms with Gasteiger partial charge in [-0.25, -0.2) is 0 Å². The SMILES string of the molecule is CCC(CC)(CN)NC(=O)c1oc2ccc(Br)cc2c1C.Cl. The molecule has 3 N–H and O–H groups in total. The number of amides is 1. The van der Waals surface area contributed by atoms with E-state index in [1.165, 1.54) is 0 Å². The van der Waals surface area contributed by atoms with E-state index in [-0.39, 0.29) is 23.9 Å². The molecular weight excluding hydrogens is 368 g/mol. The van der Waals surface area contributed by atoms with Crippen molar-refractivity contribution in [1.82, 2.24) is 5.32 Å². The summed E-state index contributed by atoms with van der Waals surface area (Å²) in [6.45, 7) is 6.37. The van der Waals surface area contributed by atoms with Gasteiger partial charge in [-0.1, -0.05) is 29.8 Å². The van der Waals surface area contributed by atoms with Crippen LogP contribution in [0.3, 0.4) is 0 Å². The van der Waals surface area contributed by atoms with Crippen LogP contribution in [0.1, 0.15) is 42.8 Å². The predicted molar refractivity (Wildman–Crippen MR) is 95.7 cm³/mol. The lowest BCUT2D eigenvalue weighted by molar-refractivity contribution is 0.0868. The molecule has 0 fully saturated rings. The first-order valence-electron chi connectivity index (χ1n) is 7.17. The molecule has 0 unspecified atom stereocenters. The molecule has 1 aromatic heterocycles. The molecule has 22 heavy (non-hydrogen) atoms. The van der Waals surface area contributed by atoms with Gasteiger partial charge < -0.3 is 15.5 Å². The van der Waals surface area contributed by atoms with E-state index in [4.69, 9.17) is 10.2 Å². The number of carbonyl (C=O) groups excluding carboxylic acids is 1. The Hall–Kier alpha value is -1.04. The first-order valence-corrected chi connectivity index (χ1v) is 7.97. The van der Waals surface area contributed by atoms with E-state index in [1.807, 2.05) is 39.0 Å². The molecule has 0 saturated carbocycles. The number of hydrogen-bond donors (Lipinski definition) is 2. The molecule has 1 amide bonds. The van der Waals surface area contributed by atoms with Crippen molar-refractivity contribution in [3.8, 4) is 0 Å². The Morgan fingerprint density at radius 2 is 2.00 bits per heavy atom.